The summed E-state index contributed by atoms with van der Waals surface area (Å²) in [5.74, 6) is 0.113. The molecule has 0 amide bonds. The fraction of sp³-hybridized carbons (Fsp3) is 0.400. The highest BCUT2D eigenvalue weighted by molar-refractivity contribution is 9.10. The van der Waals surface area contributed by atoms with E-state index in [1.165, 1.54) is 0 Å². The third kappa shape index (κ3) is 2.38. The van der Waals surface area contributed by atoms with Crippen LogP contribution < -0.4 is 0 Å². The minimum Gasteiger partial charge on any atom is -0.506 e. The molecule has 0 saturated carbocycles. The third-order valence-electron chi connectivity index (χ3n) is 1.84. The van der Waals surface area contributed by atoms with Gasteiger partial charge in [0.05, 0.1) is 5.02 Å². The molecule has 0 aliphatic heterocycles. The number of halogens is 2. The first-order chi connectivity index (χ1) is 5.82. The average Bonchev–Trinajstić information content (AvgIpc) is 1.94. The van der Waals surface area contributed by atoms with Crippen molar-refractivity contribution in [2.45, 2.75) is 26.2 Å². The van der Waals surface area contributed by atoms with E-state index < -0.39 is 0 Å². The van der Waals surface area contributed by atoms with Crippen molar-refractivity contribution in [3.63, 3.8) is 0 Å². The third-order valence-corrected chi connectivity index (χ3v) is 2.80. The van der Waals surface area contributed by atoms with Crippen molar-refractivity contribution in [1.82, 2.24) is 0 Å². The number of hydrogen-bond acceptors (Lipinski definition) is 1. The van der Waals surface area contributed by atoms with Crippen LogP contribution >= 0.6 is 27.5 Å². The van der Waals surface area contributed by atoms with Gasteiger partial charge >= 0.3 is 0 Å². The molecule has 0 aliphatic carbocycles. The molecular weight excluding hydrogens is 251 g/mol. The second-order valence-corrected chi connectivity index (χ2v) is 5.30. The molecule has 1 nitrogen and oxygen atoms in total. The van der Waals surface area contributed by atoms with Gasteiger partial charge in [0.1, 0.15) is 5.75 Å². The van der Waals surface area contributed by atoms with Gasteiger partial charge in [-0.1, -0.05) is 48.3 Å². The Morgan fingerprint density at radius 2 is 1.85 bits per heavy atom. The zero-order valence-electron chi connectivity index (χ0n) is 7.86. The molecule has 3 heteroatoms. The van der Waals surface area contributed by atoms with Crippen molar-refractivity contribution >= 4 is 27.5 Å². The van der Waals surface area contributed by atoms with Crippen LogP contribution in [0.25, 0.3) is 0 Å². The summed E-state index contributed by atoms with van der Waals surface area (Å²) in [5, 5.41) is 9.72. The van der Waals surface area contributed by atoms with E-state index in [9.17, 15) is 5.11 Å². The molecule has 0 heterocycles. The van der Waals surface area contributed by atoms with Crippen LogP contribution in [-0.2, 0) is 5.41 Å². The Balaban J connectivity index is 3.32. The highest BCUT2D eigenvalue weighted by Crippen LogP contribution is 2.36. The van der Waals surface area contributed by atoms with Crippen LogP contribution in [0.15, 0.2) is 16.6 Å². The lowest BCUT2D eigenvalue weighted by atomic mass is 9.87. The summed E-state index contributed by atoms with van der Waals surface area (Å²) in [6, 6.07) is 3.42. The Morgan fingerprint density at radius 3 is 2.31 bits per heavy atom. The maximum absolute atomic E-state index is 9.33. The van der Waals surface area contributed by atoms with E-state index in [1.54, 1.807) is 12.1 Å². The van der Waals surface area contributed by atoms with Crippen LogP contribution in [-0.4, -0.2) is 5.11 Å². The Labute approximate surface area is 91.9 Å². The number of phenols is 1. The summed E-state index contributed by atoms with van der Waals surface area (Å²) < 4.78 is 0.891. The second kappa shape index (κ2) is 3.50. The fourth-order valence-corrected chi connectivity index (χ4v) is 2.20. The molecule has 1 aromatic carbocycles. The maximum Gasteiger partial charge on any atom is 0.135 e. The molecule has 0 aromatic heterocycles. The van der Waals surface area contributed by atoms with Crippen molar-refractivity contribution in [2.75, 3.05) is 0 Å². The van der Waals surface area contributed by atoms with Gasteiger partial charge in [-0.05, 0) is 23.1 Å². The molecule has 72 valence electrons. The molecule has 0 saturated heterocycles. The van der Waals surface area contributed by atoms with Crippen molar-refractivity contribution in [2.24, 2.45) is 0 Å². The van der Waals surface area contributed by atoms with Gasteiger partial charge in [-0.25, -0.2) is 0 Å². The molecule has 0 bridgehead atoms. The number of phenolic OH excluding ortho intramolecular Hbond substituents is 1. The molecule has 0 spiro atoms. The van der Waals surface area contributed by atoms with E-state index in [-0.39, 0.29) is 11.2 Å². The van der Waals surface area contributed by atoms with Crippen molar-refractivity contribution < 1.29 is 5.11 Å². The Kier molecular flexibility index (Phi) is 2.93. The minimum atomic E-state index is 0.0240. The lowest BCUT2D eigenvalue weighted by molar-refractivity contribution is 0.473. The Morgan fingerprint density at radius 1 is 1.31 bits per heavy atom. The number of benzene rings is 1. The van der Waals surface area contributed by atoms with Crippen LogP contribution in [0, 0.1) is 0 Å². The van der Waals surface area contributed by atoms with E-state index in [0.29, 0.717) is 5.02 Å². The smallest absolute Gasteiger partial charge is 0.135 e. The molecule has 0 atom stereocenters. The van der Waals surface area contributed by atoms with Gasteiger partial charge in [0.25, 0.3) is 0 Å². The molecular formula is C10H12BrClO. The standard InChI is InChI=1S/C10H12BrClO/c1-10(2,3)6-4-8(12)9(13)5-7(6)11/h4-5,13H,1-3H3. The van der Waals surface area contributed by atoms with Crippen LogP contribution in [0.2, 0.25) is 5.02 Å². The van der Waals surface area contributed by atoms with Crippen LogP contribution in [0.3, 0.4) is 0 Å². The lowest BCUT2D eigenvalue weighted by Gasteiger charge is -2.21. The predicted molar refractivity (Wildman–Crippen MR) is 59.5 cm³/mol. The monoisotopic (exact) mass is 262 g/mol. The predicted octanol–water partition coefficient (Wildman–Crippen LogP) is 4.11. The summed E-state index contributed by atoms with van der Waals surface area (Å²) in [5.41, 5.74) is 1.12. The van der Waals surface area contributed by atoms with Gasteiger partial charge in [0, 0.05) is 4.47 Å². The van der Waals surface area contributed by atoms with E-state index in [0.717, 1.165) is 10.0 Å². The number of rotatable bonds is 0. The van der Waals surface area contributed by atoms with Crippen molar-refractivity contribution in [3.05, 3.63) is 27.2 Å². The summed E-state index contributed by atoms with van der Waals surface area (Å²) in [7, 11) is 0. The van der Waals surface area contributed by atoms with Crippen LogP contribution in [0.1, 0.15) is 26.3 Å². The number of hydrogen-bond donors (Lipinski definition) is 1. The zero-order chi connectivity index (χ0) is 10.2. The van der Waals surface area contributed by atoms with Gasteiger partial charge in [-0.2, -0.15) is 0 Å². The molecule has 0 fully saturated rings. The molecule has 1 aromatic rings. The zero-order valence-corrected chi connectivity index (χ0v) is 10.2. The van der Waals surface area contributed by atoms with E-state index in [2.05, 4.69) is 36.7 Å². The maximum atomic E-state index is 9.33. The normalized spacial score (nSPS) is 11.8. The molecule has 0 unspecified atom stereocenters. The van der Waals surface area contributed by atoms with E-state index in [1.807, 2.05) is 0 Å². The van der Waals surface area contributed by atoms with Crippen LogP contribution in [0.5, 0.6) is 5.75 Å². The van der Waals surface area contributed by atoms with E-state index >= 15 is 0 Å². The largest absolute Gasteiger partial charge is 0.506 e. The van der Waals surface area contributed by atoms with Gasteiger partial charge < -0.3 is 5.11 Å². The topological polar surface area (TPSA) is 20.2 Å². The highest BCUT2D eigenvalue weighted by atomic mass is 79.9. The minimum absolute atomic E-state index is 0.0240. The van der Waals surface area contributed by atoms with E-state index in [4.69, 9.17) is 11.6 Å². The molecule has 1 N–H and O–H groups in total. The average molecular weight is 264 g/mol. The molecule has 13 heavy (non-hydrogen) atoms. The summed E-state index contributed by atoms with van der Waals surface area (Å²) in [6.07, 6.45) is 0. The SMILES string of the molecule is CC(C)(C)c1cc(Cl)c(O)cc1Br. The van der Waals surface area contributed by atoms with Gasteiger partial charge in [-0.3, -0.25) is 0 Å². The summed E-state index contributed by atoms with van der Waals surface area (Å²) in [6.45, 7) is 6.29. The molecule has 0 radical (unpaired) electrons. The second-order valence-electron chi connectivity index (χ2n) is 4.03. The first-order valence-electron chi connectivity index (χ1n) is 4.01. The van der Waals surface area contributed by atoms with Crippen molar-refractivity contribution in [3.8, 4) is 5.75 Å². The Hall–Kier alpha value is -0.210. The first-order valence-corrected chi connectivity index (χ1v) is 5.18. The molecule has 0 aliphatic rings. The quantitative estimate of drug-likeness (QED) is 0.747. The summed E-state index contributed by atoms with van der Waals surface area (Å²) in [4.78, 5) is 0. The first kappa shape index (κ1) is 10.9. The van der Waals surface area contributed by atoms with Crippen molar-refractivity contribution in [1.29, 1.82) is 0 Å². The summed E-state index contributed by atoms with van der Waals surface area (Å²) >= 11 is 9.22. The van der Waals surface area contributed by atoms with Crippen LogP contribution in [0.4, 0.5) is 0 Å². The fourth-order valence-electron chi connectivity index (χ4n) is 1.11. The van der Waals surface area contributed by atoms with Gasteiger partial charge in [0.2, 0.25) is 0 Å². The number of aromatic hydroxyl groups is 1. The van der Waals surface area contributed by atoms with Gasteiger partial charge in [0.15, 0.2) is 0 Å². The molecule has 1 rings (SSSR count). The lowest BCUT2D eigenvalue weighted by Crippen LogP contribution is -2.11. The van der Waals surface area contributed by atoms with Gasteiger partial charge in [-0.15, -0.1) is 0 Å². The Bertz CT molecular complexity index is 328. The highest BCUT2D eigenvalue weighted by Gasteiger charge is 2.18.